The van der Waals surface area contributed by atoms with E-state index < -0.39 is 8.30 Å². The Balaban J connectivity index is 1.86. The van der Waals surface area contributed by atoms with E-state index in [0.717, 1.165) is 6.61 Å². The number of rotatable bonds is 1. The molecule has 3 heteroatoms. The third-order valence-electron chi connectivity index (χ3n) is 2.95. The molecule has 0 saturated carbocycles. The van der Waals surface area contributed by atoms with Gasteiger partial charge in [0.15, 0.2) is 0 Å². The lowest BCUT2D eigenvalue weighted by Crippen LogP contribution is -2.22. The first kappa shape index (κ1) is 8.84. The van der Waals surface area contributed by atoms with E-state index in [0.29, 0.717) is 6.04 Å². The molecule has 2 aliphatic heterocycles. The largest absolute Gasteiger partial charge is 0.338 e. The fourth-order valence-electron chi connectivity index (χ4n) is 2.24. The van der Waals surface area contributed by atoms with Gasteiger partial charge in [-0.25, -0.2) is 0 Å². The third kappa shape index (κ3) is 1.38. The number of nitrogens with zero attached hydrogens (tertiary/aromatic N) is 1. The van der Waals surface area contributed by atoms with Crippen molar-refractivity contribution in [2.75, 3.05) is 13.2 Å². The molecule has 74 valence electrons. The van der Waals surface area contributed by atoms with Crippen molar-refractivity contribution in [1.29, 1.82) is 0 Å². The third-order valence-corrected chi connectivity index (χ3v) is 5.07. The molecule has 0 spiro atoms. The van der Waals surface area contributed by atoms with Crippen molar-refractivity contribution in [3.05, 3.63) is 30.3 Å². The van der Waals surface area contributed by atoms with E-state index in [1.54, 1.807) is 0 Å². The van der Waals surface area contributed by atoms with Gasteiger partial charge in [-0.05, 0) is 12.8 Å². The molecule has 14 heavy (non-hydrogen) atoms. The van der Waals surface area contributed by atoms with Crippen LogP contribution in [-0.2, 0) is 4.52 Å². The van der Waals surface area contributed by atoms with Gasteiger partial charge in [0, 0.05) is 17.9 Å². The summed E-state index contributed by atoms with van der Waals surface area (Å²) in [5, 5.41) is 1.37. The SMILES string of the molecule is c1ccc([P@]2OCC3CCCN32)cc1. The first-order valence-corrected chi connectivity index (χ1v) is 6.41. The molecule has 1 unspecified atom stereocenters. The highest BCUT2D eigenvalue weighted by atomic mass is 31.2. The standard InChI is InChI=1S/C11H14NOP/c1-2-6-11(7-3-1)14-12-8-4-5-10(12)9-13-14/h1-3,6-7,10H,4-5,8-9H2/t10?,14-/m0/s1. The molecular weight excluding hydrogens is 193 g/mol. The van der Waals surface area contributed by atoms with Gasteiger partial charge < -0.3 is 4.52 Å². The van der Waals surface area contributed by atoms with Crippen molar-refractivity contribution < 1.29 is 4.52 Å². The summed E-state index contributed by atoms with van der Waals surface area (Å²) in [6, 6.07) is 11.4. The van der Waals surface area contributed by atoms with E-state index in [9.17, 15) is 0 Å². The van der Waals surface area contributed by atoms with Gasteiger partial charge in [-0.15, -0.1) is 0 Å². The highest BCUT2D eigenvalue weighted by molar-refractivity contribution is 7.58. The van der Waals surface area contributed by atoms with Crippen molar-refractivity contribution >= 4 is 13.6 Å². The Bertz CT molecular complexity index is 316. The Hall–Kier alpha value is -0.430. The molecular formula is C11H14NOP. The van der Waals surface area contributed by atoms with Crippen LogP contribution in [0.2, 0.25) is 0 Å². The van der Waals surface area contributed by atoms with Crippen molar-refractivity contribution in [3.8, 4) is 0 Å². The van der Waals surface area contributed by atoms with Crippen molar-refractivity contribution in [1.82, 2.24) is 4.67 Å². The molecule has 2 heterocycles. The zero-order valence-electron chi connectivity index (χ0n) is 8.10. The molecule has 2 atom stereocenters. The Morgan fingerprint density at radius 3 is 3.00 bits per heavy atom. The predicted molar refractivity (Wildman–Crippen MR) is 58.7 cm³/mol. The van der Waals surface area contributed by atoms with Gasteiger partial charge in [-0.3, -0.25) is 4.67 Å². The first-order valence-electron chi connectivity index (χ1n) is 5.20. The van der Waals surface area contributed by atoms with Gasteiger partial charge in [-0.2, -0.15) is 0 Å². The first-order chi connectivity index (χ1) is 6.95. The van der Waals surface area contributed by atoms with Gasteiger partial charge in [0.05, 0.1) is 6.61 Å². The molecule has 3 rings (SSSR count). The highest BCUT2D eigenvalue weighted by Gasteiger charge is 2.38. The molecule has 2 fully saturated rings. The Labute approximate surface area is 85.8 Å². The van der Waals surface area contributed by atoms with Gasteiger partial charge in [0.2, 0.25) is 0 Å². The summed E-state index contributed by atoms with van der Waals surface area (Å²) in [4.78, 5) is 0. The van der Waals surface area contributed by atoms with Gasteiger partial charge in [-0.1, -0.05) is 30.3 Å². The molecule has 0 N–H and O–H groups in total. The molecule has 0 amide bonds. The lowest BCUT2D eigenvalue weighted by atomic mass is 10.2. The van der Waals surface area contributed by atoms with Crippen LogP contribution in [0.5, 0.6) is 0 Å². The molecule has 2 nitrogen and oxygen atoms in total. The topological polar surface area (TPSA) is 12.5 Å². The lowest BCUT2D eigenvalue weighted by Gasteiger charge is -2.20. The van der Waals surface area contributed by atoms with Crippen LogP contribution in [0.3, 0.4) is 0 Å². The minimum Gasteiger partial charge on any atom is -0.338 e. The summed E-state index contributed by atoms with van der Waals surface area (Å²) < 4.78 is 8.46. The minimum atomic E-state index is -0.447. The molecule has 1 aromatic rings. The summed E-state index contributed by atoms with van der Waals surface area (Å²) in [6.45, 7) is 2.17. The summed E-state index contributed by atoms with van der Waals surface area (Å²) in [6.07, 6.45) is 2.67. The molecule has 0 radical (unpaired) electrons. The fraction of sp³-hybridized carbons (Fsp3) is 0.455. The van der Waals surface area contributed by atoms with Crippen LogP contribution in [0.4, 0.5) is 0 Å². The zero-order valence-corrected chi connectivity index (χ0v) is 8.99. The maximum absolute atomic E-state index is 5.90. The monoisotopic (exact) mass is 207 g/mol. The van der Waals surface area contributed by atoms with Gasteiger partial charge in [0.1, 0.15) is 8.30 Å². The van der Waals surface area contributed by atoms with Gasteiger partial charge in [0.25, 0.3) is 0 Å². The molecule has 2 saturated heterocycles. The van der Waals surface area contributed by atoms with E-state index in [4.69, 9.17) is 4.52 Å². The Morgan fingerprint density at radius 2 is 2.14 bits per heavy atom. The quantitative estimate of drug-likeness (QED) is 0.654. The van der Waals surface area contributed by atoms with Crippen LogP contribution in [0.1, 0.15) is 12.8 Å². The van der Waals surface area contributed by atoms with Crippen LogP contribution in [0, 0.1) is 0 Å². The molecule has 0 bridgehead atoms. The second kappa shape index (κ2) is 3.62. The van der Waals surface area contributed by atoms with Crippen LogP contribution < -0.4 is 5.30 Å². The highest BCUT2D eigenvalue weighted by Crippen LogP contribution is 2.50. The summed E-state index contributed by atoms with van der Waals surface area (Å²) in [7, 11) is -0.447. The molecule has 0 aromatic heterocycles. The van der Waals surface area contributed by atoms with Gasteiger partial charge >= 0.3 is 0 Å². The van der Waals surface area contributed by atoms with Crippen LogP contribution in [-0.4, -0.2) is 23.9 Å². The number of fused-ring (bicyclic) bond motifs is 1. The predicted octanol–water partition coefficient (Wildman–Crippen LogP) is 2.12. The van der Waals surface area contributed by atoms with E-state index in [1.807, 2.05) is 0 Å². The average molecular weight is 207 g/mol. The van der Waals surface area contributed by atoms with Crippen LogP contribution in [0.15, 0.2) is 30.3 Å². The molecule has 0 aliphatic carbocycles. The molecule has 2 aliphatic rings. The lowest BCUT2D eigenvalue weighted by molar-refractivity contribution is 0.342. The summed E-state index contributed by atoms with van der Waals surface area (Å²) >= 11 is 0. The maximum Gasteiger partial charge on any atom is 0.137 e. The maximum atomic E-state index is 5.90. The average Bonchev–Trinajstić information content (AvgIpc) is 2.79. The second-order valence-electron chi connectivity index (χ2n) is 3.86. The van der Waals surface area contributed by atoms with Crippen molar-refractivity contribution in [3.63, 3.8) is 0 Å². The van der Waals surface area contributed by atoms with Crippen molar-refractivity contribution in [2.24, 2.45) is 0 Å². The fourth-order valence-corrected chi connectivity index (χ4v) is 4.37. The Kier molecular flexibility index (Phi) is 2.28. The second-order valence-corrected chi connectivity index (χ2v) is 5.70. The van der Waals surface area contributed by atoms with Crippen LogP contribution >= 0.6 is 8.30 Å². The van der Waals surface area contributed by atoms with E-state index in [1.165, 1.54) is 24.7 Å². The van der Waals surface area contributed by atoms with E-state index >= 15 is 0 Å². The summed E-state index contributed by atoms with van der Waals surface area (Å²) in [5.74, 6) is 0. The van der Waals surface area contributed by atoms with E-state index in [2.05, 4.69) is 35.0 Å². The smallest absolute Gasteiger partial charge is 0.137 e. The normalized spacial score (nSPS) is 32.0. The molecule has 1 aromatic carbocycles. The number of hydrogen-bond acceptors (Lipinski definition) is 2. The number of benzene rings is 1. The van der Waals surface area contributed by atoms with Crippen molar-refractivity contribution in [2.45, 2.75) is 18.9 Å². The van der Waals surface area contributed by atoms with E-state index in [-0.39, 0.29) is 0 Å². The number of hydrogen-bond donors (Lipinski definition) is 0. The Morgan fingerprint density at radius 1 is 1.29 bits per heavy atom. The zero-order chi connectivity index (χ0) is 9.38. The summed E-state index contributed by atoms with van der Waals surface area (Å²) in [5.41, 5.74) is 0. The van der Waals surface area contributed by atoms with Crippen LogP contribution in [0.25, 0.3) is 0 Å². The minimum absolute atomic E-state index is 0.447.